The molecular weight excluding hydrogens is 206 g/mol. The zero-order valence-electron chi connectivity index (χ0n) is 10.8. The molecule has 0 fully saturated rings. The van der Waals surface area contributed by atoms with E-state index in [-0.39, 0.29) is 5.91 Å². The van der Waals surface area contributed by atoms with Crippen LogP contribution in [0, 0.1) is 5.92 Å². The molecule has 0 aromatic rings. The van der Waals surface area contributed by atoms with E-state index in [4.69, 9.17) is 9.47 Å². The van der Waals surface area contributed by atoms with Crippen molar-refractivity contribution in [3.05, 3.63) is 0 Å². The number of carbonyl (C=O) groups excluding carboxylic acids is 1. The number of carbonyl (C=O) groups is 1. The fourth-order valence-corrected chi connectivity index (χ4v) is 1.17. The van der Waals surface area contributed by atoms with Gasteiger partial charge in [0.1, 0.15) is 0 Å². The van der Waals surface area contributed by atoms with E-state index in [2.05, 4.69) is 12.2 Å². The van der Waals surface area contributed by atoms with Crippen LogP contribution in [0.5, 0.6) is 0 Å². The molecule has 4 nitrogen and oxygen atoms in total. The second kappa shape index (κ2) is 10.9. The Morgan fingerprint density at radius 3 is 2.31 bits per heavy atom. The quantitative estimate of drug-likeness (QED) is 0.581. The van der Waals surface area contributed by atoms with E-state index in [9.17, 15) is 4.79 Å². The molecule has 1 amide bonds. The van der Waals surface area contributed by atoms with Crippen molar-refractivity contribution < 1.29 is 14.3 Å². The minimum atomic E-state index is 0.0980. The molecule has 16 heavy (non-hydrogen) atoms. The highest BCUT2D eigenvalue weighted by atomic mass is 16.5. The first kappa shape index (κ1) is 15.4. The van der Waals surface area contributed by atoms with Crippen LogP contribution in [-0.2, 0) is 14.3 Å². The molecule has 0 saturated carbocycles. The molecule has 0 saturated heterocycles. The Morgan fingerprint density at radius 2 is 1.75 bits per heavy atom. The summed E-state index contributed by atoms with van der Waals surface area (Å²) >= 11 is 0. The van der Waals surface area contributed by atoms with Crippen LogP contribution in [0.2, 0.25) is 0 Å². The van der Waals surface area contributed by atoms with E-state index in [0.29, 0.717) is 38.7 Å². The first-order valence-electron chi connectivity index (χ1n) is 6.09. The molecule has 0 bridgehead atoms. The van der Waals surface area contributed by atoms with Crippen LogP contribution in [0.25, 0.3) is 0 Å². The number of amides is 1. The number of rotatable bonds is 10. The molecule has 96 valence electrons. The highest BCUT2D eigenvalue weighted by Crippen LogP contribution is 1.97. The molecular formula is C12H25NO3. The second-order valence-corrected chi connectivity index (χ2v) is 4.17. The first-order valence-corrected chi connectivity index (χ1v) is 6.09. The van der Waals surface area contributed by atoms with Crippen molar-refractivity contribution >= 4 is 5.91 Å². The van der Waals surface area contributed by atoms with Crippen molar-refractivity contribution in [1.29, 1.82) is 0 Å². The van der Waals surface area contributed by atoms with Gasteiger partial charge >= 0.3 is 0 Å². The molecule has 0 radical (unpaired) electrons. The highest BCUT2D eigenvalue weighted by Gasteiger charge is 2.02. The molecule has 0 spiro atoms. The smallest absolute Gasteiger partial charge is 0.220 e. The molecule has 0 rings (SSSR count). The van der Waals surface area contributed by atoms with E-state index < -0.39 is 0 Å². The summed E-state index contributed by atoms with van der Waals surface area (Å²) in [6, 6.07) is 0. The Bertz CT molecular complexity index is 172. The summed E-state index contributed by atoms with van der Waals surface area (Å²) in [6.07, 6.45) is 1.62. The number of hydrogen-bond acceptors (Lipinski definition) is 3. The Labute approximate surface area is 98.7 Å². The van der Waals surface area contributed by atoms with Gasteiger partial charge in [-0.25, -0.2) is 0 Å². The highest BCUT2D eigenvalue weighted by molar-refractivity contribution is 5.75. The van der Waals surface area contributed by atoms with Crippen LogP contribution in [0.4, 0.5) is 0 Å². The largest absolute Gasteiger partial charge is 0.379 e. The van der Waals surface area contributed by atoms with E-state index in [1.165, 1.54) is 0 Å². The zero-order chi connectivity index (χ0) is 12.2. The molecule has 0 aromatic heterocycles. The average molecular weight is 231 g/mol. The normalized spacial score (nSPS) is 10.8. The zero-order valence-corrected chi connectivity index (χ0v) is 10.8. The third-order valence-electron chi connectivity index (χ3n) is 1.88. The Morgan fingerprint density at radius 1 is 1.12 bits per heavy atom. The number of nitrogens with one attached hydrogen (secondary N) is 1. The van der Waals surface area contributed by atoms with Crippen LogP contribution in [-0.4, -0.2) is 38.9 Å². The fraction of sp³-hybridized carbons (Fsp3) is 0.917. The summed E-state index contributed by atoms with van der Waals surface area (Å²) < 4.78 is 10.5. The van der Waals surface area contributed by atoms with Gasteiger partial charge < -0.3 is 14.8 Å². The Balaban J connectivity index is 3.11. The van der Waals surface area contributed by atoms with Gasteiger partial charge in [0.25, 0.3) is 0 Å². The van der Waals surface area contributed by atoms with Crippen LogP contribution in [0.15, 0.2) is 0 Å². The van der Waals surface area contributed by atoms with E-state index >= 15 is 0 Å². The predicted molar refractivity (Wildman–Crippen MR) is 64.4 cm³/mol. The minimum absolute atomic E-state index is 0.0980. The maximum Gasteiger partial charge on any atom is 0.220 e. The maximum absolute atomic E-state index is 11.2. The second-order valence-electron chi connectivity index (χ2n) is 4.17. The minimum Gasteiger partial charge on any atom is -0.379 e. The van der Waals surface area contributed by atoms with Crippen LogP contribution >= 0.6 is 0 Å². The number of ether oxygens (including phenoxy) is 2. The fourth-order valence-electron chi connectivity index (χ4n) is 1.17. The van der Waals surface area contributed by atoms with Gasteiger partial charge in [0.2, 0.25) is 5.91 Å². The number of hydrogen-bond donors (Lipinski definition) is 1. The molecule has 0 atom stereocenters. The lowest BCUT2D eigenvalue weighted by molar-refractivity contribution is -0.122. The molecule has 0 aliphatic heterocycles. The maximum atomic E-state index is 11.2. The van der Waals surface area contributed by atoms with E-state index in [1.54, 1.807) is 0 Å². The lowest BCUT2D eigenvalue weighted by Gasteiger charge is -2.08. The van der Waals surface area contributed by atoms with Gasteiger partial charge in [0.05, 0.1) is 19.8 Å². The standard InChI is InChI=1S/C12H25NO3/c1-4-6-15-8-9-16-7-5-13-12(14)10-11(2)3/h11H,4-10H2,1-3H3,(H,13,14). The van der Waals surface area contributed by atoms with Gasteiger partial charge in [0, 0.05) is 19.6 Å². The monoisotopic (exact) mass is 231 g/mol. The van der Waals surface area contributed by atoms with Gasteiger partial charge in [-0.1, -0.05) is 20.8 Å². The Kier molecular flexibility index (Phi) is 10.5. The van der Waals surface area contributed by atoms with Gasteiger partial charge in [-0.15, -0.1) is 0 Å². The SMILES string of the molecule is CCCOCCOCCNC(=O)CC(C)C. The molecule has 0 unspecified atom stereocenters. The van der Waals surface area contributed by atoms with Gasteiger partial charge in [-0.3, -0.25) is 4.79 Å². The molecule has 0 heterocycles. The first-order chi connectivity index (χ1) is 7.66. The summed E-state index contributed by atoms with van der Waals surface area (Å²) in [5.41, 5.74) is 0. The van der Waals surface area contributed by atoms with Crippen LogP contribution in [0.3, 0.4) is 0 Å². The molecule has 1 N–H and O–H groups in total. The van der Waals surface area contributed by atoms with Crippen molar-refractivity contribution in [3.8, 4) is 0 Å². The predicted octanol–water partition coefficient (Wildman–Crippen LogP) is 1.59. The lowest BCUT2D eigenvalue weighted by atomic mass is 10.1. The van der Waals surface area contributed by atoms with Crippen molar-refractivity contribution in [2.24, 2.45) is 5.92 Å². The van der Waals surface area contributed by atoms with Crippen LogP contribution < -0.4 is 5.32 Å². The third kappa shape index (κ3) is 11.5. The summed E-state index contributed by atoms with van der Waals surface area (Å²) in [7, 11) is 0. The summed E-state index contributed by atoms with van der Waals surface area (Å²) in [5.74, 6) is 0.504. The molecule has 4 heteroatoms. The lowest BCUT2D eigenvalue weighted by Crippen LogP contribution is -2.28. The van der Waals surface area contributed by atoms with Gasteiger partial charge in [0.15, 0.2) is 0 Å². The van der Waals surface area contributed by atoms with E-state index in [1.807, 2.05) is 13.8 Å². The van der Waals surface area contributed by atoms with Crippen molar-refractivity contribution in [2.45, 2.75) is 33.6 Å². The summed E-state index contributed by atoms with van der Waals surface area (Å²) in [5, 5.41) is 2.81. The molecule has 0 aromatic carbocycles. The summed E-state index contributed by atoms with van der Waals surface area (Å²) in [4.78, 5) is 11.2. The van der Waals surface area contributed by atoms with Gasteiger partial charge in [-0.05, 0) is 12.3 Å². The van der Waals surface area contributed by atoms with Crippen LogP contribution in [0.1, 0.15) is 33.6 Å². The summed E-state index contributed by atoms with van der Waals surface area (Å²) in [6.45, 7) is 9.29. The van der Waals surface area contributed by atoms with E-state index in [0.717, 1.165) is 13.0 Å². The Hall–Kier alpha value is -0.610. The molecule has 0 aliphatic rings. The third-order valence-corrected chi connectivity index (χ3v) is 1.88. The topological polar surface area (TPSA) is 47.6 Å². The molecule has 0 aliphatic carbocycles. The van der Waals surface area contributed by atoms with Crippen molar-refractivity contribution in [1.82, 2.24) is 5.32 Å². The van der Waals surface area contributed by atoms with Crippen molar-refractivity contribution in [2.75, 3.05) is 33.0 Å². The van der Waals surface area contributed by atoms with Crippen molar-refractivity contribution in [3.63, 3.8) is 0 Å². The van der Waals surface area contributed by atoms with Gasteiger partial charge in [-0.2, -0.15) is 0 Å². The average Bonchev–Trinajstić information content (AvgIpc) is 2.21.